The lowest BCUT2D eigenvalue weighted by molar-refractivity contribution is -0.384. The lowest BCUT2D eigenvalue weighted by atomic mass is 9.94. The van der Waals surface area contributed by atoms with E-state index in [1.807, 2.05) is 19.1 Å². The molecule has 0 radical (unpaired) electrons. The maximum atomic E-state index is 11.2. The van der Waals surface area contributed by atoms with Gasteiger partial charge in [0.1, 0.15) is 5.69 Å². The Balaban J connectivity index is 1.88. The van der Waals surface area contributed by atoms with E-state index in [9.17, 15) is 10.1 Å². The lowest BCUT2D eigenvalue weighted by Crippen LogP contribution is -2.40. The number of nitrogens with one attached hydrogen (secondary N) is 1. The van der Waals surface area contributed by atoms with Crippen LogP contribution in [0.25, 0.3) is 0 Å². The van der Waals surface area contributed by atoms with Crippen LogP contribution in [0.3, 0.4) is 0 Å². The number of fused-ring (bicyclic) bond motifs is 1. The first kappa shape index (κ1) is 12.4. The standard InChI is InChI=1S/C14H19N3O2/c1-10-4-5-13(14(7-10)17(18)19)16-8-11-3-2-6-15-12(11)9-16/h4-5,7,11-12,15H,2-3,6,8-9H2,1H3. The highest BCUT2D eigenvalue weighted by atomic mass is 16.6. The molecular weight excluding hydrogens is 242 g/mol. The second-order valence-corrected chi connectivity index (χ2v) is 5.62. The maximum absolute atomic E-state index is 11.2. The number of nitrogens with zero attached hydrogens (tertiary/aromatic N) is 2. The average Bonchev–Trinajstić information content (AvgIpc) is 2.82. The van der Waals surface area contributed by atoms with Crippen molar-refractivity contribution in [1.82, 2.24) is 5.32 Å². The van der Waals surface area contributed by atoms with Gasteiger partial charge in [-0.1, -0.05) is 6.07 Å². The van der Waals surface area contributed by atoms with Crippen molar-refractivity contribution >= 4 is 11.4 Å². The minimum atomic E-state index is -0.266. The number of benzene rings is 1. The van der Waals surface area contributed by atoms with Crippen molar-refractivity contribution in [2.24, 2.45) is 5.92 Å². The van der Waals surface area contributed by atoms with Gasteiger partial charge >= 0.3 is 0 Å². The normalized spacial score (nSPS) is 26.3. The van der Waals surface area contributed by atoms with E-state index in [4.69, 9.17) is 0 Å². The van der Waals surface area contributed by atoms with Gasteiger partial charge in [0, 0.05) is 25.2 Å². The fourth-order valence-electron chi connectivity index (χ4n) is 3.29. The van der Waals surface area contributed by atoms with E-state index in [1.54, 1.807) is 6.07 Å². The highest BCUT2D eigenvalue weighted by Crippen LogP contribution is 2.35. The molecule has 1 aromatic rings. The van der Waals surface area contributed by atoms with Gasteiger partial charge in [-0.2, -0.15) is 0 Å². The van der Waals surface area contributed by atoms with E-state index in [0.29, 0.717) is 12.0 Å². The van der Waals surface area contributed by atoms with E-state index >= 15 is 0 Å². The van der Waals surface area contributed by atoms with Crippen LogP contribution >= 0.6 is 0 Å². The van der Waals surface area contributed by atoms with Crippen molar-refractivity contribution in [3.8, 4) is 0 Å². The Kier molecular flexibility index (Phi) is 3.14. The van der Waals surface area contributed by atoms with Gasteiger partial charge < -0.3 is 10.2 Å². The van der Waals surface area contributed by atoms with Gasteiger partial charge in [-0.15, -0.1) is 0 Å². The van der Waals surface area contributed by atoms with Gasteiger partial charge in [-0.3, -0.25) is 10.1 Å². The molecule has 0 aromatic heterocycles. The number of piperidine rings is 1. The number of nitro groups is 1. The fourth-order valence-corrected chi connectivity index (χ4v) is 3.29. The molecule has 0 saturated carbocycles. The van der Waals surface area contributed by atoms with E-state index in [0.717, 1.165) is 30.9 Å². The Hall–Kier alpha value is -1.62. The van der Waals surface area contributed by atoms with Crippen LogP contribution in [0, 0.1) is 23.0 Å². The number of hydrogen-bond acceptors (Lipinski definition) is 4. The SMILES string of the molecule is Cc1ccc(N2CC3CCCNC3C2)c([N+](=O)[O-])c1. The van der Waals surface area contributed by atoms with Crippen LogP contribution in [0.1, 0.15) is 18.4 Å². The zero-order valence-corrected chi connectivity index (χ0v) is 11.1. The second kappa shape index (κ2) is 4.81. The van der Waals surface area contributed by atoms with Crippen molar-refractivity contribution in [2.45, 2.75) is 25.8 Å². The molecular formula is C14H19N3O2. The average molecular weight is 261 g/mol. The van der Waals surface area contributed by atoms with Crippen LogP contribution in [0.2, 0.25) is 0 Å². The number of anilines is 1. The van der Waals surface area contributed by atoms with Crippen LogP contribution in [0.5, 0.6) is 0 Å². The van der Waals surface area contributed by atoms with Gasteiger partial charge in [0.25, 0.3) is 5.69 Å². The van der Waals surface area contributed by atoms with E-state index in [2.05, 4.69) is 10.2 Å². The second-order valence-electron chi connectivity index (χ2n) is 5.62. The molecule has 5 nitrogen and oxygen atoms in total. The summed E-state index contributed by atoms with van der Waals surface area (Å²) < 4.78 is 0. The first-order valence-electron chi connectivity index (χ1n) is 6.88. The minimum absolute atomic E-state index is 0.235. The molecule has 102 valence electrons. The molecule has 0 spiro atoms. The topological polar surface area (TPSA) is 58.4 Å². The van der Waals surface area contributed by atoms with E-state index in [-0.39, 0.29) is 10.6 Å². The molecule has 2 fully saturated rings. The van der Waals surface area contributed by atoms with Crippen molar-refractivity contribution < 1.29 is 4.92 Å². The first-order valence-corrected chi connectivity index (χ1v) is 6.88. The molecule has 3 rings (SSSR count). The van der Waals surface area contributed by atoms with Gasteiger partial charge in [0.2, 0.25) is 0 Å². The molecule has 5 heteroatoms. The smallest absolute Gasteiger partial charge is 0.292 e. The molecule has 0 aliphatic carbocycles. The third-order valence-corrected chi connectivity index (χ3v) is 4.27. The summed E-state index contributed by atoms with van der Waals surface area (Å²) in [7, 11) is 0. The summed E-state index contributed by atoms with van der Waals surface area (Å²) in [6, 6.07) is 6.02. The molecule has 1 N–H and O–H groups in total. The molecule has 2 aliphatic rings. The van der Waals surface area contributed by atoms with Crippen molar-refractivity contribution in [2.75, 3.05) is 24.5 Å². The number of nitro benzene ring substituents is 1. The van der Waals surface area contributed by atoms with Gasteiger partial charge in [-0.05, 0) is 43.9 Å². The van der Waals surface area contributed by atoms with Crippen LogP contribution in [0.4, 0.5) is 11.4 Å². The number of hydrogen-bond donors (Lipinski definition) is 1. The lowest BCUT2D eigenvalue weighted by Gasteiger charge is -2.24. The predicted octanol–water partition coefficient (Wildman–Crippen LogP) is 2.09. The van der Waals surface area contributed by atoms with E-state index < -0.39 is 0 Å². The van der Waals surface area contributed by atoms with E-state index in [1.165, 1.54) is 12.8 Å². The molecule has 2 heterocycles. The first-order chi connectivity index (χ1) is 9.15. The fraction of sp³-hybridized carbons (Fsp3) is 0.571. The summed E-state index contributed by atoms with van der Waals surface area (Å²) >= 11 is 0. The Morgan fingerprint density at radius 2 is 2.26 bits per heavy atom. The number of rotatable bonds is 2. The third-order valence-electron chi connectivity index (χ3n) is 4.27. The van der Waals surface area contributed by atoms with Gasteiger partial charge in [0.15, 0.2) is 0 Å². The summed E-state index contributed by atoms with van der Waals surface area (Å²) in [5, 5.41) is 14.7. The Bertz CT molecular complexity index is 489. The van der Waals surface area contributed by atoms with Gasteiger partial charge in [0.05, 0.1) is 4.92 Å². The summed E-state index contributed by atoms with van der Waals surface area (Å²) in [4.78, 5) is 13.1. The quantitative estimate of drug-likeness (QED) is 0.654. The highest BCUT2D eigenvalue weighted by Gasteiger charge is 2.36. The summed E-state index contributed by atoms with van der Waals surface area (Å²) in [6.45, 7) is 4.78. The van der Waals surface area contributed by atoms with Crippen LogP contribution in [-0.4, -0.2) is 30.6 Å². The molecule has 1 aromatic carbocycles. The zero-order valence-electron chi connectivity index (χ0n) is 11.1. The Morgan fingerprint density at radius 1 is 1.42 bits per heavy atom. The molecule has 2 unspecified atom stereocenters. The molecule has 2 aliphatic heterocycles. The van der Waals surface area contributed by atoms with Crippen LogP contribution < -0.4 is 10.2 Å². The van der Waals surface area contributed by atoms with Crippen molar-refractivity contribution in [3.63, 3.8) is 0 Å². The predicted molar refractivity (Wildman–Crippen MR) is 74.6 cm³/mol. The molecule has 2 saturated heterocycles. The van der Waals surface area contributed by atoms with Crippen LogP contribution in [0.15, 0.2) is 18.2 Å². The summed E-state index contributed by atoms with van der Waals surface area (Å²) in [5.41, 5.74) is 1.94. The largest absolute Gasteiger partial charge is 0.364 e. The third kappa shape index (κ3) is 2.30. The monoisotopic (exact) mass is 261 g/mol. The van der Waals surface area contributed by atoms with Gasteiger partial charge in [-0.25, -0.2) is 0 Å². The maximum Gasteiger partial charge on any atom is 0.292 e. The minimum Gasteiger partial charge on any atom is -0.364 e. The summed E-state index contributed by atoms with van der Waals surface area (Å²) in [6.07, 6.45) is 2.44. The molecule has 2 atom stereocenters. The summed E-state index contributed by atoms with van der Waals surface area (Å²) in [5.74, 6) is 0.634. The zero-order chi connectivity index (χ0) is 13.4. The Labute approximate surface area is 112 Å². The van der Waals surface area contributed by atoms with Crippen molar-refractivity contribution in [1.29, 1.82) is 0 Å². The molecule has 19 heavy (non-hydrogen) atoms. The highest BCUT2D eigenvalue weighted by molar-refractivity contribution is 5.65. The molecule has 0 bridgehead atoms. The number of aryl methyl sites for hydroxylation is 1. The van der Waals surface area contributed by atoms with Crippen LogP contribution in [-0.2, 0) is 0 Å². The molecule has 0 amide bonds. The Morgan fingerprint density at radius 3 is 3.00 bits per heavy atom. The van der Waals surface area contributed by atoms with Crippen molar-refractivity contribution in [3.05, 3.63) is 33.9 Å².